The molecule has 53 heavy (non-hydrogen) atoms. The van der Waals surface area contributed by atoms with E-state index in [0.29, 0.717) is 11.3 Å². The molecule has 0 bridgehead atoms. The third-order valence-corrected chi connectivity index (χ3v) is 11.6. The normalized spacial score (nSPS) is 15.1. The van der Waals surface area contributed by atoms with Gasteiger partial charge in [0.25, 0.3) is 0 Å². The maximum absolute atomic E-state index is 11.7. The Balaban J connectivity index is 0.000000335. The SMILES string of the molecule is CCC(CC)C(=O)/C=C(\O)C(CC)CC.Cc1cc(C2CCC(C)(C)CC2)c2ccc3c(-c4[c-]c5ccccc5c(C(C)(C)C)c4)nccc3c2n1.[Ir]. The molecule has 1 N–H and O–H groups in total. The van der Waals surface area contributed by atoms with Gasteiger partial charge in [-0.1, -0.05) is 104 Å². The molecule has 1 radical (unpaired) electrons. The molecule has 4 nitrogen and oxygen atoms in total. The van der Waals surface area contributed by atoms with Gasteiger partial charge in [-0.2, -0.15) is 0 Å². The fourth-order valence-electron chi connectivity index (χ4n) is 8.12. The molecule has 0 spiro atoms. The standard InChI is InChI=1S/C35H37N2.C13H24O2.Ir/c1-22-19-30(23-13-16-35(5,6)17-14-23)28-12-11-27-29(33(28)37-22)15-18-36-32(27)25-20-24-9-7-8-10-26(24)31(21-25)34(2,3)4;1-5-10(6-2)12(14)9-13(15)11(7-3)8-4;/h7-12,15,18-19,21,23H,13-14,16-17H2,1-6H3;9-11,14H,5-8H2,1-4H3;/q-1;;/b;12-9-;. The van der Waals surface area contributed by atoms with E-state index in [9.17, 15) is 9.90 Å². The Morgan fingerprint density at radius 1 is 0.887 bits per heavy atom. The quantitative estimate of drug-likeness (QED) is 0.0693. The molecule has 0 amide bonds. The number of pyridine rings is 2. The van der Waals surface area contributed by atoms with Crippen LogP contribution in [0.5, 0.6) is 0 Å². The molecular weight excluding hydrogens is 829 g/mol. The Labute approximate surface area is 332 Å². The van der Waals surface area contributed by atoms with Gasteiger partial charge >= 0.3 is 0 Å². The first-order valence-corrected chi connectivity index (χ1v) is 19.8. The first-order valence-electron chi connectivity index (χ1n) is 19.8. The van der Waals surface area contributed by atoms with Crippen LogP contribution in [0.25, 0.3) is 43.7 Å². The molecule has 0 aliphatic heterocycles. The number of carbonyl (C=O) groups excluding carboxylic acids is 1. The van der Waals surface area contributed by atoms with E-state index in [-0.39, 0.29) is 48.9 Å². The minimum absolute atomic E-state index is 0. The molecule has 1 aliphatic rings. The van der Waals surface area contributed by atoms with Crippen molar-refractivity contribution in [3.63, 3.8) is 0 Å². The Morgan fingerprint density at radius 2 is 1.51 bits per heavy atom. The zero-order chi connectivity index (χ0) is 37.8. The van der Waals surface area contributed by atoms with Gasteiger partial charge in [0, 0.05) is 66.4 Å². The average molecular weight is 890 g/mol. The molecular formula is C48H61IrN2O2-. The summed E-state index contributed by atoms with van der Waals surface area (Å²) in [5.41, 5.74) is 7.53. The number of carbonyl (C=O) groups is 1. The van der Waals surface area contributed by atoms with E-state index in [1.165, 1.54) is 59.0 Å². The van der Waals surface area contributed by atoms with Crippen LogP contribution in [-0.2, 0) is 30.3 Å². The monoisotopic (exact) mass is 890 g/mol. The number of ketones is 1. The molecule has 2 heterocycles. The topological polar surface area (TPSA) is 63.1 Å². The number of hydrogen-bond acceptors (Lipinski definition) is 4. The van der Waals surface area contributed by atoms with Gasteiger partial charge in [-0.25, -0.2) is 0 Å². The number of nitrogens with zero attached hydrogens (tertiary/aromatic N) is 2. The molecule has 1 fully saturated rings. The molecule has 2 aromatic heterocycles. The second-order valence-electron chi connectivity index (χ2n) is 16.9. The number of aliphatic hydroxyl groups is 1. The minimum atomic E-state index is 0. The largest absolute Gasteiger partial charge is 0.512 e. The maximum atomic E-state index is 11.7. The van der Waals surface area contributed by atoms with E-state index >= 15 is 0 Å². The van der Waals surface area contributed by atoms with Gasteiger partial charge in [-0.3, -0.25) is 14.8 Å². The molecule has 0 saturated heterocycles. The molecule has 0 unspecified atom stereocenters. The predicted octanol–water partition coefficient (Wildman–Crippen LogP) is 13.6. The summed E-state index contributed by atoms with van der Waals surface area (Å²) in [5, 5.41) is 15.8. The minimum Gasteiger partial charge on any atom is -0.512 e. The first-order chi connectivity index (χ1) is 24.7. The smallest absolute Gasteiger partial charge is 0.162 e. The molecule has 1 aliphatic carbocycles. The van der Waals surface area contributed by atoms with Gasteiger partial charge in [-0.15, -0.1) is 29.1 Å². The summed E-state index contributed by atoms with van der Waals surface area (Å²) in [6.07, 6.45) is 11.9. The van der Waals surface area contributed by atoms with Crippen LogP contribution in [0.4, 0.5) is 0 Å². The van der Waals surface area contributed by atoms with Gasteiger partial charge in [0.2, 0.25) is 0 Å². The number of rotatable bonds is 9. The summed E-state index contributed by atoms with van der Waals surface area (Å²) in [6, 6.07) is 23.6. The van der Waals surface area contributed by atoms with Gasteiger partial charge in [0.1, 0.15) is 0 Å². The third kappa shape index (κ3) is 9.65. The molecule has 5 heteroatoms. The third-order valence-electron chi connectivity index (χ3n) is 11.6. The van der Waals surface area contributed by atoms with Crippen molar-refractivity contribution < 1.29 is 30.0 Å². The molecule has 1 saturated carbocycles. The number of allylic oxidation sites excluding steroid dienone is 2. The Kier molecular flexibility index (Phi) is 14.2. The second kappa shape index (κ2) is 17.8. The molecule has 285 valence electrons. The fraction of sp³-hybridized carbons (Fsp3) is 0.479. The van der Waals surface area contributed by atoms with Crippen LogP contribution in [0.2, 0.25) is 0 Å². The number of hydrogen-bond donors (Lipinski definition) is 1. The van der Waals surface area contributed by atoms with E-state index in [4.69, 9.17) is 9.97 Å². The van der Waals surface area contributed by atoms with Crippen LogP contribution in [0, 0.1) is 30.2 Å². The van der Waals surface area contributed by atoms with Crippen LogP contribution in [-0.4, -0.2) is 20.9 Å². The molecule has 6 rings (SSSR count). The van der Waals surface area contributed by atoms with Crippen molar-refractivity contribution in [3.8, 4) is 11.3 Å². The van der Waals surface area contributed by atoms with Crippen molar-refractivity contribution in [2.45, 2.75) is 132 Å². The second-order valence-corrected chi connectivity index (χ2v) is 16.9. The van der Waals surface area contributed by atoms with Gasteiger partial charge in [0.15, 0.2) is 5.78 Å². The van der Waals surface area contributed by atoms with E-state index in [1.54, 1.807) is 0 Å². The summed E-state index contributed by atoms with van der Waals surface area (Å²) in [5.74, 6) is 1.16. The average Bonchev–Trinajstić information content (AvgIpc) is 3.11. The van der Waals surface area contributed by atoms with Crippen molar-refractivity contribution in [2.75, 3.05) is 0 Å². The van der Waals surface area contributed by atoms with E-state index in [0.717, 1.165) is 58.9 Å². The number of aryl methyl sites for hydroxylation is 1. The van der Waals surface area contributed by atoms with Crippen LogP contribution in [0.3, 0.4) is 0 Å². The van der Waals surface area contributed by atoms with Crippen LogP contribution >= 0.6 is 0 Å². The Morgan fingerprint density at radius 3 is 2.13 bits per heavy atom. The van der Waals surface area contributed by atoms with E-state index < -0.39 is 0 Å². The zero-order valence-electron chi connectivity index (χ0n) is 33.8. The van der Waals surface area contributed by atoms with E-state index in [1.807, 2.05) is 33.9 Å². The fourth-order valence-corrected chi connectivity index (χ4v) is 8.12. The van der Waals surface area contributed by atoms with Gasteiger partial charge in [0.05, 0.1) is 11.3 Å². The first kappa shape index (κ1) is 42.3. The zero-order valence-corrected chi connectivity index (χ0v) is 36.2. The van der Waals surface area contributed by atoms with Crippen molar-refractivity contribution in [1.82, 2.24) is 9.97 Å². The number of aromatic nitrogens is 2. The number of benzene rings is 3. The van der Waals surface area contributed by atoms with Crippen molar-refractivity contribution in [2.24, 2.45) is 17.3 Å². The van der Waals surface area contributed by atoms with Gasteiger partial charge in [-0.05, 0) is 98.1 Å². The van der Waals surface area contributed by atoms with Crippen molar-refractivity contribution in [3.05, 3.63) is 95.5 Å². The molecule has 5 aromatic rings. The van der Waals surface area contributed by atoms with Crippen molar-refractivity contribution >= 4 is 38.2 Å². The summed E-state index contributed by atoms with van der Waals surface area (Å²) < 4.78 is 0. The molecule has 3 aromatic carbocycles. The van der Waals surface area contributed by atoms with Crippen molar-refractivity contribution in [1.29, 1.82) is 0 Å². The number of aliphatic hydroxyl groups excluding tert-OH is 1. The van der Waals surface area contributed by atoms with Crippen LogP contribution < -0.4 is 0 Å². The Bertz CT molecular complexity index is 2050. The van der Waals surface area contributed by atoms with E-state index in [2.05, 4.69) is 102 Å². The number of fused-ring (bicyclic) bond motifs is 4. The maximum Gasteiger partial charge on any atom is 0.162 e. The Hall–Kier alpha value is -3.40. The summed E-state index contributed by atoms with van der Waals surface area (Å²) in [6.45, 7) is 21.9. The summed E-state index contributed by atoms with van der Waals surface area (Å²) in [4.78, 5) is 21.7. The van der Waals surface area contributed by atoms with Gasteiger partial charge < -0.3 is 5.11 Å². The molecule has 0 atom stereocenters. The van der Waals surface area contributed by atoms with Crippen LogP contribution in [0.1, 0.15) is 136 Å². The summed E-state index contributed by atoms with van der Waals surface area (Å²) in [7, 11) is 0. The summed E-state index contributed by atoms with van der Waals surface area (Å²) >= 11 is 0. The van der Waals surface area contributed by atoms with Crippen LogP contribution in [0.15, 0.2) is 72.6 Å². The predicted molar refractivity (Wildman–Crippen MR) is 221 cm³/mol.